The number of alkyl halides is 1. The zero-order valence-corrected chi connectivity index (χ0v) is 14.6. The number of halogens is 1. The van der Waals surface area contributed by atoms with E-state index >= 15 is 0 Å². The third-order valence-electron chi connectivity index (χ3n) is 3.81. The Labute approximate surface area is 137 Å². The highest BCUT2D eigenvalue weighted by molar-refractivity contribution is 9.08. The molecule has 3 aromatic heterocycles. The average Bonchev–Trinajstić information content (AvgIpc) is 3.12. The minimum absolute atomic E-state index is 0.409. The molecule has 0 saturated carbocycles. The highest BCUT2D eigenvalue weighted by atomic mass is 79.9. The van der Waals surface area contributed by atoms with E-state index in [-0.39, 0.29) is 0 Å². The highest BCUT2D eigenvalue weighted by Gasteiger charge is 2.19. The van der Waals surface area contributed by atoms with Crippen LogP contribution >= 0.6 is 27.3 Å². The predicted octanol–water partition coefficient (Wildman–Crippen LogP) is 4.36. The summed E-state index contributed by atoms with van der Waals surface area (Å²) in [4.78, 5) is 8.49. The van der Waals surface area contributed by atoms with E-state index in [1.807, 2.05) is 29.5 Å². The number of hydrogen-bond acceptors (Lipinski definition) is 3. The van der Waals surface area contributed by atoms with E-state index in [2.05, 4.69) is 62.9 Å². The van der Waals surface area contributed by atoms with Gasteiger partial charge in [-0.15, -0.1) is 11.3 Å². The van der Waals surface area contributed by atoms with Crippen LogP contribution in [0.3, 0.4) is 0 Å². The summed E-state index contributed by atoms with van der Waals surface area (Å²) in [5.74, 6) is 1.06. The Morgan fingerprint density at radius 2 is 2.19 bits per heavy atom. The molecule has 0 amide bonds. The lowest BCUT2D eigenvalue weighted by Gasteiger charge is -2.25. The number of thiophene rings is 1. The summed E-state index contributed by atoms with van der Waals surface area (Å²) in [6.07, 6.45) is 3.12. The van der Waals surface area contributed by atoms with Crippen molar-refractivity contribution in [1.82, 2.24) is 9.38 Å². The van der Waals surface area contributed by atoms with Gasteiger partial charge < -0.3 is 9.30 Å². The average molecular weight is 364 g/mol. The van der Waals surface area contributed by atoms with Crippen LogP contribution in [-0.4, -0.2) is 22.5 Å². The number of anilines is 1. The molecule has 3 nitrogen and oxygen atoms in total. The molecule has 0 aromatic carbocycles. The van der Waals surface area contributed by atoms with Gasteiger partial charge in [0, 0.05) is 35.9 Å². The Morgan fingerprint density at radius 1 is 1.33 bits per heavy atom. The van der Waals surface area contributed by atoms with E-state index in [1.165, 1.54) is 10.6 Å². The number of aromatic nitrogens is 2. The van der Waals surface area contributed by atoms with Crippen LogP contribution in [0, 0.1) is 0 Å². The van der Waals surface area contributed by atoms with Crippen molar-refractivity contribution in [2.24, 2.45) is 0 Å². The summed E-state index contributed by atoms with van der Waals surface area (Å²) in [5, 5.41) is 2.93. The number of likely N-dealkylation sites (N-methyl/N-ethyl adjacent to an activating group) is 1. The molecule has 110 valence electrons. The summed E-state index contributed by atoms with van der Waals surface area (Å²) < 4.78 is 2.15. The van der Waals surface area contributed by atoms with Gasteiger partial charge in [0.25, 0.3) is 0 Å². The van der Waals surface area contributed by atoms with Crippen LogP contribution in [0.2, 0.25) is 0 Å². The molecule has 1 atom stereocenters. The van der Waals surface area contributed by atoms with Crippen LogP contribution in [0.25, 0.3) is 5.65 Å². The van der Waals surface area contributed by atoms with Crippen LogP contribution in [0.4, 0.5) is 5.82 Å². The first-order chi connectivity index (χ1) is 10.2. The van der Waals surface area contributed by atoms with Crippen LogP contribution in [-0.2, 0) is 11.8 Å². The Balaban J connectivity index is 1.91. The number of hydrogen-bond donors (Lipinski definition) is 0. The van der Waals surface area contributed by atoms with E-state index in [0.717, 1.165) is 23.2 Å². The van der Waals surface area contributed by atoms with Crippen molar-refractivity contribution in [3.05, 3.63) is 52.5 Å². The van der Waals surface area contributed by atoms with Crippen LogP contribution in [0.15, 0.2) is 41.9 Å². The maximum absolute atomic E-state index is 4.80. The fourth-order valence-electron chi connectivity index (χ4n) is 2.51. The molecule has 0 aliphatic carbocycles. The van der Waals surface area contributed by atoms with E-state index in [1.54, 1.807) is 0 Å². The first kappa shape index (κ1) is 14.6. The fraction of sp³-hybridized carbons (Fsp3) is 0.312. The maximum atomic E-state index is 4.80. The largest absolute Gasteiger partial charge is 0.355 e. The molecular formula is C16H18BrN3S. The molecule has 0 N–H and O–H groups in total. The summed E-state index contributed by atoms with van der Waals surface area (Å²) in [6.45, 7) is 2.25. The number of pyridine rings is 1. The van der Waals surface area contributed by atoms with Gasteiger partial charge in [-0.05, 0) is 30.5 Å². The molecular weight excluding hydrogens is 346 g/mol. The number of fused-ring (bicyclic) bond motifs is 1. The van der Waals surface area contributed by atoms with Gasteiger partial charge in [0.2, 0.25) is 0 Å². The smallest absolute Gasteiger partial charge is 0.152 e. The van der Waals surface area contributed by atoms with E-state index in [0.29, 0.717) is 6.04 Å². The zero-order valence-electron chi connectivity index (χ0n) is 12.2. The van der Waals surface area contributed by atoms with Gasteiger partial charge in [-0.2, -0.15) is 0 Å². The van der Waals surface area contributed by atoms with Crippen LogP contribution < -0.4 is 4.90 Å². The van der Waals surface area contributed by atoms with Gasteiger partial charge in [0.05, 0.1) is 5.69 Å². The first-order valence-electron chi connectivity index (χ1n) is 6.98. The lowest BCUT2D eigenvalue weighted by atomic mass is 10.2. The van der Waals surface area contributed by atoms with Crippen molar-refractivity contribution in [2.75, 3.05) is 11.9 Å². The molecule has 3 heterocycles. The van der Waals surface area contributed by atoms with E-state index in [4.69, 9.17) is 4.98 Å². The summed E-state index contributed by atoms with van der Waals surface area (Å²) >= 11 is 5.42. The molecule has 0 bridgehead atoms. The fourth-order valence-corrected chi connectivity index (χ4v) is 3.85. The van der Waals surface area contributed by atoms with Crippen molar-refractivity contribution >= 4 is 38.7 Å². The minimum atomic E-state index is 0.409. The van der Waals surface area contributed by atoms with Gasteiger partial charge in [-0.1, -0.05) is 28.1 Å². The topological polar surface area (TPSA) is 20.5 Å². The second-order valence-electron chi connectivity index (χ2n) is 5.19. The second kappa shape index (κ2) is 6.20. The molecule has 0 aliphatic heterocycles. The Kier molecular flexibility index (Phi) is 4.31. The van der Waals surface area contributed by atoms with E-state index in [9.17, 15) is 0 Å². The number of imidazole rings is 1. The van der Waals surface area contributed by atoms with Gasteiger partial charge in [0.1, 0.15) is 5.65 Å². The van der Waals surface area contributed by atoms with Crippen molar-refractivity contribution in [3.8, 4) is 0 Å². The van der Waals surface area contributed by atoms with Gasteiger partial charge in [-0.25, -0.2) is 4.98 Å². The van der Waals surface area contributed by atoms with Crippen LogP contribution in [0.5, 0.6) is 0 Å². The molecule has 5 heteroatoms. The molecule has 0 saturated heterocycles. The predicted molar refractivity (Wildman–Crippen MR) is 93.7 cm³/mol. The zero-order chi connectivity index (χ0) is 14.8. The first-order valence-corrected chi connectivity index (χ1v) is 8.98. The number of rotatable bonds is 5. The summed E-state index contributed by atoms with van der Waals surface area (Å²) in [5.41, 5.74) is 2.20. The maximum Gasteiger partial charge on any atom is 0.152 e. The molecule has 21 heavy (non-hydrogen) atoms. The minimum Gasteiger partial charge on any atom is -0.355 e. The van der Waals surface area contributed by atoms with Gasteiger partial charge >= 0.3 is 0 Å². The SMILES string of the molecule is CC(Cc1cccs1)N(C)c1nc2ccccn2c1CBr. The monoisotopic (exact) mass is 363 g/mol. The lowest BCUT2D eigenvalue weighted by molar-refractivity contribution is 0.680. The third kappa shape index (κ3) is 2.85. The van der Waals surface area contributed by atoms with E-state index < -0.39 is 0 Å². The van der Waals surface area contributed by atoms with Crippen molar-refractivity contribution in [2.45, 2.75) is 24.7 Å². The lowest BCUT2D eigenvalue weighted by Crippen LogP contribution is -2.31. The molecule has 0 aliphatic rings. The third-order valence-corrected chi connectivity index (χ3v) is 5.24. The molecule has 1 unspecified atom stereocenters. The molecule has 3 rings (SSSR count). The Hall–Kier alpha value is -1.33. The molecule has 3 aromatic rings. The quantitative estimate of drug-likeness (QED) is 0.627. The number of nitrogens with zero attached hydrogens (tertiary/aromatic N) is 3. The normalized spacial score (nSPS) is 12.7. The van der Waals surface area contributed by atoms with Gasteiger partial charge in [-0.3, -0.25) is 0 Å². The second-order valence-corrected chi connectivity index (χ2v) is 6.78. The standard InChI is InChI=1S/C16H18BrN3S/c1-12(10-13-6-5-9-21-13)19(2)16-14(11-17)20-8-4-3-7-15(20)18-16/h3-9,12H,10-11H2,1-2H3. The van der Waals surface area contributed by atoms with Crippen molar-refractivity contribution in [3.63, 3.8) is 0 Å². The highest BCUT2D eigenvalue weighted by Crippen LogP contribution is 2.26. The van der Waals surface area contributed by atoms with Crippen molar-refractivity contribution in [1.29, 1.82) is 0 Å². The van der Waals surface area contributed by atoms with Crippen LogP contribution in [0.1, 0.15) is 17.5 Å². The summed E-state index contributed by atoms with van der Waals surface area (Å²) in [7, 11) is 2.13. The summed E-state index contributed by atoms with van der Waals surface area (Å²) in [6, 6.07) is 10.8. The Morgan fingerprint density at radius 3 is 2.90 bits per heavy atom. The molecule has 0 radical (unpaired) electrons. The van der Waals surface area contributed by atoms with Gasteiger partial charge in [0.15, 0.2) is 5.82 Å². The molecule has 0 spiro atoms. The van der Waals surface area contributed by atoms with Crippen molar-refractivity contribution < 1.29 is 0 Å². The molecule has 0 fully saturated rings. The Bertz CT molecular complexity index is 720.